The zero-order valence-electron chi connectivity index (χ0n) is 37.5. The summed E-state index contributed by atoms with van der Waals surface area (Å²) in [7, 11) is 0. The first kappa shape index (κ1) is 55.8. The van der Waals surface area contributed by atoms with Crippen LogP contribution in [-0.2, 0) is 33.5 Å². The van der Waals surface area contributed by atoms with Crippen LogP contribution in [0.5, 0.6) is 0 Å². The van der Waals surface area contributed by atoms with Crippen LogP contribution >= 0.6 is 0 Å². The molecule has 13 heteroatoms. The van der Waals surface area contributed by atoms with E-state index in [9.17, 15) is 39.0 Å². The highest BCUT2D eigenvalue weighted by Gasteiger charge is 2.31. The summed E-state index contributed by atoms with van der Waals surface area (Å²) in [6.45, 7) is 7.11. The molecule has 0 aliphatic rings. The van der Waals surface area contributed by atoms with Crippen molar-refractivity contribution < 1.29 is 48.8 Å². The molecule has 6 N–H and O–H groups in total. The molecule has 0 fully saturated rings. The summed E-state index contributed by atoms with van der Waals surface area (Å²) >= 11 is 0. The highest BCUT2D eigenvalue weighted by Crippen LogP contribution is 2.18. The van der Waals surface area contributed by atoms with E-state index in [-0.39, 0.29) is 18.8 Å². The number of ether oxygens (including phenoxy) is 1. The summed E-state index contributed by atoms with van der Waals surface area (Å²) in [4.78, 5) is 74.3. The van der Waals surface area contributed by atoms with E-state index in [4.69, 9.17) is 9.84 Å². The number of unbranched alkanes of at least 4 members (excludes halogenated alkanes) is 24. The van der Waals surface area contributed by atoms with Gasteiger partial charge in [-0.1, -0.05) is 168 Å². The number of nitrogens with one attached hydrogen (secondary N) is 3. The van der Waals surface area contributed by atoms with Crippen LogP contribution in [0, 0.1) is 0 Å². The number of esters is 1. The molecule has 0 aromatic heterocycles. The molecule has 0 radical (unpaired) electrons. The Hall–Kier alpha value is -3.22. The van der Waals surface area contributed by atoms with E-state index in [1.807, 2.05) is 0 Å². The molecule has 59 heavy (non-hydrogen) atoms. The van der Waals surface area contributed by atoms with E-state index in [0.29, 0.717) is 6.42 Å². The Labute approximate surface area is 356 Å². The Kier molecular flexibility index (Phi) is 35.7. The third-order valence-electron chi connectivity index (χ3n) is 10.9. The van der Waals surface area contributed by atoms with E-state index in [0.717, 1.165) is 51.4 Å². The highest BCUT2D eigenvalue weighted by molar-refractivity contribution is 5.93. The van der Waals surface area contributed by atoms with Gasteiger partial charge in [0, 0.05) is 12.8 Å². The monoisotopic (exact) mass is 840 g/mol. The summed E-state index contributed by atoms with van der Waals surface area (Å²) in [6, 6.07) is -4.26. The maximum Gasteiger partial charge on any atom is 0.326 e. The van der Waals surface area contributed by atoms with Gasteiger partial charge in [0.2, 0.25) is 17.7 Å². The first-order chi connectivity index (χ1) is 28.3. The van der Waals surface area contributed by atoms with Crippen LogP contribution in [0.4, 0.5) is 0 Å². The fourth-order valence-electron chi connectivity index (χ4n) is 7.17. The largest absolute Gasteiger partial charge is 0.481 e. The summed E-state index contributed by atoms with van der Waals surface area (Å²) in [5, 5.41) is 35.6. The van der Waals surface area contributed by atoms with Crippen LogP contribution in [0.25, 0.3) is 0 Å². The van der Waals surface area contributed by atoms with E-state index in [1.54, 1.807) is 0 Å². The van der Waals surface area contributed by atoms with Crippen molar-refractivity contribution in [3.8, 4) is 0 Å². The van der Waals surface area contributed by atoms with Gasteiger partial charge in [0.1, 0.15) is 24.2 Å². The predicted octanol–water partition coefficient (Wildman–Crippen LogP) is 9.06. The normalized spacial score (nSPS) is 13.8. The average Bonchev–Trinajstić information content (AvgIpc) is 3.18. The number of hydrogen-bond acceptors (Lipinski definition) is 8. The number of carbonyl (C=O) groups is 6. The topological polar surface area (TPSA) is 208 Å². The molecule has 0 aliphatic carbocycles. The lowest BCUT2D eigenvalue weighted by molar-refractivity contribution is -0.151. The second-order valence-corrected chi connectivity index (χ2v) is 16.7. The standard InChI is InChI=1S/C46H85N3O10/c1-5-7-9-11-13-15-17-19-21-23-25-27-29-31-38(59-42(54)32-30-28-26-24-22-20-18-16-14-12-10-8-6-2)35-40(51)47-36(3)44(55)49-43(37(4)50)45(56)48-39(46(57)58)33-34-41(52)53/h36-39,43,50H,5-35H2,1-4H3,(H,47,51)(H,48,56)(H,49,55)(H,52,53)(H,57,58)/t36-,37+,38?,39-,43-/m0/s1. The highest BCUT2D eigenvalue weighted by atomic mass is 16.5. The van der Waals surface area contributed by atoms with Gasteiger partial charge >= 0.3 is 17.9 Å². The van der Waals surface area contributed by atoms with Crippen LogP contribution < -0.4 is 16.0 Å². The van der Waals surface area contributed by atoms with Gasteiger partial charge in [-0.2, -0.15) is 0 Å². The zero-order valence-corrected chi connectivity index (χ0v) is 37.5. The smallest absolute Gasteiger partial charge is 0.326 e. The van der Waals surface area contributed by atoms with Gasteiger partial charge in [0.15, 0.2) is 0 Å². The molecule has 0 aliphatic heterocycles. The molecular weight excluding hydrogens is 755 g/mol. The minimum atomic E-state index is -1.57. The molecule has 0 aromatic carbocycles. The summed E-state index contributed by atoms with van der Waals surface area (Å²) in [5.74, 6) is -5.37. The van der Waals surface area contributed by atoms with Crippen molar-refractivity contribution >= 4 is 35.6 Å². The fourth-order valence-corrected chi connectivity index (χ4v) is 7.17. The van der Waals surface area contributed by atoms with Gasteiger partial charge in [-0.15, -0.1) is 0 Å². The second kappa shape index (κ2) is 37.8. The minimum absolute atomic E-state index is 0.135. The molecule has 0 rings (SSSR count). The van der Waals surface area contributed by atoms with Crippen LogP contribution in [-0.4, -0.2) is 81.3 Å². The number of carboxylic acids is 2. The van der Waals surface area contributed by atoms with Gasteiger partial charge < -0.3 is 36.0 Å². The van der Waals surface area contributed by atoms with Gasteiger partial charge in [-0.3, -0.25) is 24.0 Å². The second-order valence-electron chi connectivity index (χ2n) is 16.7. The van der Waals surface area contributed by atoms with E-state index < -0.39 is 72.8 Å². The van der Waals surface area contributed by atoms with Crippen molar-refractivity contribution in [2.45, 2.75) is 257 Å². The Morgan fingerprint density at radius 2 is 0.932 bits per heavy atom. The van der Waals surface area contributed by atoms with Gasteiger partial charge in [0.05, 0.1) is 12.5 Å². The lowest BCUT2D eigenvalue weighted by Gasteiger charge is -2.25. The molecule has 13 nitrogen and oxygen atoms in total. The number of aliphatic hydroxyl groups excluding tert-OH is 1. The van der Waals surface area contributed by atoms with Crippen molar-refractivity contribution in [3.63, 3.8) is 0 Å². The molecular formula is C46H85N3O10. The number of rotatable bonds is 41. The van der Waals surface area contributed by atoms with Gasteiger partial charge in [-0.05, 0) is 39.5 Å². The SMILES string of the molecule is CCCCCCCCCCCCCCCC(=O)OC(CCCCCCCCCCCCCCC)CC(=O)N[C@@H](C)C(=O)N[C@H](C(=O)N[C@@H](CCC(=O)O)C(=O)O)[C@@H](C)O. The van der Waals surface area contributed by atoms with Gasteiger partial charge in [0.25, 0.3) is 0 Å². The number of amides is 3. The third-order valence-corrected chi connectivity index (χ3v) is 10.9. The van der Waals surface area contributed by atoms with E-state index in [1.165, 1.54) is 129 Å². The first-order valence-electron chi connectivity index (χ1n) is 23.5. The summed E-state index contributed by atoms with van der Waals surface area (Å²) < 4.78 is 5.82. The summed E-state index contributed by atoms with van der Waals surface area (Å²) in [6.07, 6.45) is 29.0. The molecule has 0 saturated carbocycles. The lowest BCUT2D eigenvalue weighted by Crippen LogP contribution is -2.58. The Morgan fingerprint density at radius 1 is 0.508 bits per heavy atom. The molecule has 0 spiro atoms. The Bertz CT molecular complexity index is 1130. The zero-order chi connectivity index (χ0) is 44.1. The number of carboxylic acid groups (broad SMARTS) is 2. The van der Waals surface area contributed by atoms with E-state index >= 15 is 0 Å². The Balaban J connectivity index is 4.98. The van der Waals surface area contributed by atoms with E-state index in [2.05, 4.69) is 29.8 Å². The molecule has 3 amide bonds. The fraction of sp³-hybridized carbons (Fsp3) is 0.870. The van der Waals surface area contributed by atoms with Crippen LogP contribution in [0.2, 0.25) is 0 Å². The lowest BCUT2D eigenvalue weighted by atomic mass is 10.0. The van der Waals surface area contributed by atoms with Crippen molar-refractivity contribution in [2.24, 2.45) is 0 Å². The minimum Gasteiger partial charge on any atom is -0.481 e. The molecule has 0 heterocycles. The molecule has 0 bridgehead atoms. The number of carbonyl (C=O) groups excluding carboxylic acids is 4. The molecule has 0 saturated heterocycles. The molecule has 344 valence electrons. The number of aliphatic carboxylic acids is 2. The first-order valence-corrected chi connectivity index (χ1v) is 23.5. The number of aliphatic hydroxyl groups is 1. The Morgan fingerprint density at radius 3 is 1.34 bits per heavy atom. The van der Waals surface area contributed by atoms with Gasteiger partial charge in [-0.25, -0.2) is 4.79 Å². The maximum absolute atomic E-state index is 13.1. The molecule has 0 aromatic rings. The summed E-state index contributed by atoms with van der Waals surface area (Å²) in [5.41, 5.74) is 0. The average molecular weight is 840 g/mol. The van der Waals surface area contributed by atoms with Crippen LogP contribution in [0.1, 0.15) is 227 Å². The molecule has 1 unspecified atom stereocenters. The van der Waals surface area contributed by atoms with Crippen molar-refractivity contribution in [2.75, 3.05) is 0 Å². The maximum atomic E-state index is 13.1. The van der Waals surface area contributed by atoms with Crippen molar-refractivity contribution in [1.29, 1.82) is 0 Å². The third kappa shape index (κ3) is 33.2. The van der Waals surface area contributed by atoms with Crippen LogP contribution in [0.15, 0.2) is 0 Å². The van der Waals surface area contributed by atoms with Crippen LogP contribution in [0.3, 0.4) is 0 Å². The quantitative estimate of drug-likeness (QED) is 0.0254. The predicted molar refractivity (Wildman–Crippen MR) is 233 cm³/mol. The number of hydrogen-bond donors (Lipinski definition) is 6. The van der Waals surface area contributed by atoms with Crippen molar-refractivity contribution in [3.05, 3.63) is 0 Å². The van der Waals surface area contributed by atoms with Crippen molar-refractivity contribution in [1.82, 2.24) is 16.0 Å². The molecule has 5 atom stereocenters.